The lowest BCUT2D eigenvalue weighted by molar-refractivity contribution is -0.385. The van der Waals surface area contributed by atoms with Crippen LogP contribution < -0.4 is 10.6 Å². The van der Waals surface area contributed by atoms with Crippen molar-refractivity contribution in [1.29, 1.82) is 0 Å². The molecule has 22 heteroatoms. The number of benzene rings is 2. The number of carbonyl (C=O) groups is 5. The van der Waals surface area contributed by atoms with Crippen LogP contribution in [-0.2, 0) is 56.3 Å². The van der Waals surface area contributed by atoms with Crippen molar-refractivity contribution in [2.24, 2.45) is 5.16 Å². The van der Waals surface area contributed by atoms with E-state index in [0.29, 0.717) is 11.1 Å². The number of halogens is 1. The van der Waals surface area contributed by atoms with Crippen LogP contribution in [-0.4, -0.2) is 85.9 Å². The molecule has 1 aliphatic rings. The summed E-state index contributed by atoms with van der Waals surface area (Å²) in [5, 5.41) is 32.6. The predicted molar refractivity (Wildman–Crippen MR) is 179 cm³/mol. The minimum absolute atomic E-state index is 0.0580. The number of rotatable bonds is 17. The molecule has 4 rings (SSSR count). The average Bonchev–Trinajstić information content (AvgIpc) is 3.58. The third kappa shape index (κ3) is 10.5. The van der Waals surface area contributed by atoms with Crippen LogP contribution in [0, 0.1) is 20.2 Å². The summed E-state index contributed by atoms with van der Waals surface area (Å²) < 4.78 is 10.3. The van der Waals surface area contributed by atoms with Gasteiger partial charge in [0.15, 0.2) is 17.5 Å². The molecule has 0 spiro atoms. The molecule has 3 aromatic rings. The lowest BCUT2D eigenvalue weighted by atomic mass is 10.1. The zero-order valence-electron chi connectivity index (χ0n) is 27.1. The zero-order chi connectivity index (χ0) is 38.0. The maximum atomic E-state index is 13.4. The highest BCUT2D eigenvalue weighted by Gasteiger charge is 2.41. The monoisotopic (exact) mass is 761 g/mol. The van der Waals surface area contributed by atoms with Crippen molar-refractivity contribution < 1.29 is 53.0 Å². The van der Waals surface area contributed by atoms with Gasteiger partial charge in [-0.1, -0.05) is 5.16 Å². The van der Waals surface area contributed by atoms with Gasteiger partial charge in [0.1, 0.15) is 30.8 Å². The topological polar surface area (TPSA) is 261 Å². The van der Waals surface area contributed by atoms with Crippen LogP contribution in [0.4, 0.5) is 16.5 Å². The normalized spacial score (nSPS) is 14.1. The van der Waals surface area contributed by atoms with Crippen molar-refractivity contribution in [1.82, 2.24) is 15.4 Å². The smallest absolute Gasteiger partial charge is 0.353 e. The van der Waals surface area contributed by atoms with Crippen LogP contribution in [0.2, 0.25) is 0 Å². The minimum atomic E-state index is -1.78. The molecule has 1 fully saturated rings. The molecular weight excluding hydrogens is 734 g/mol. The molecule has 0 aliphatic carbocycles. The number of nitro benzene ring substituents is 2. The van der Waals surface area contributed by atoms with Gasteiger partial charge in [0.2, 0.25) is 11.5 Å². The summed E-state index contributed by atoms with van der Waals surface area (Å²) in [7, 11) is 0. The lowest BCUT2D eigenvalue weighted by Crippen LogP contribution is -2.64. The first kappa shape index (κ1) is 38.7. The molecule has 0 radical (unpaired) electrons. The van der Waals surface area contributed by atoms with Gasteiger partial charge in [-0.2, -0.15) is 0 Å². The molecule has 274 valence electrons. The molecule has 0 bridgehead atoms. The summed E-state index contributed by atoms with van der Waals surface area (Å²) >= 11 is 6.45. The first-order valence-electron chi connectivity index (χ1n) is 14.8. The summed E-state index contributed by atoms with van der Waals surface area (Å²) in [5.41, 5.74) is -1.69. The fraction of sp³-hybridized carbons (Fsp3) is 0.300. The maximum absolute atomic E-state index is 13.4. The van der Waals surface area contributed by atoms with Crippen LogP contribution in [0.1, 0.15) is 30.7 Å². The number of thiazole rings is 1. The number of aromatic nitrogens is 1. The second-order valence-electron chi connectivity index (χ2n) is 11.0. The second kappa shape index (κ2) is 17.2. The summed E-state index contributed by atoms with van der Waals surface area (Å²) in [6.45, 7) is 1.33. The highest BCUT2D eigenvalue weighted by atomic mass is 35.5. The number of nitrogens with zero attached hydrogens (tertiary/aromatic N) is 5. The van der Waals surface area contributed by atoms with E-state index >= 15 is 0 Å². The van der Waals surface area contributed by atoms with E-state index in [2.05, 4.69) is 20.8 Å². The molecule has 2 aromatic carbocycles. The number of hydrogen-bond donors (Lipinski definition) is 2. The number of hydroxylamine groups is 2. The molecule has 1 aliphatic heterocycles. The van der Waals surface area contributed by atoms with Crippen molar-refractivity contribution in [3.63, 3.8) is 0 Å². The Morgan fingerprint density at radius 3 is 2.12 bits per heavy atom. The van der Waals surface area contributed by atoms with Crippen molar-refractivity contribution in [3.8, 4) is 0 Å². The molecule has 20 nitrogen and oxygen atoms in total. The van der Waals surface area contributed by atoms with E-state index in [1.807, 2.05) is 0 Å². The lowest BCUT2D eigenvalue weighted by Gasteiger charge is -2.36. The molecule has 0 saturated carbocycles. The Hall–Kier alpha value is -6.06. The standard InChI is InChI=1S/C30H28ClN7O13S/c1-30(2,28(43)49-14-18-5-9-20(10-6-18)38(46)47)51-35-25(22-16-52-29(33-22)34-23(39)11-31)26(41)32-21-12-36(27(21)42)50-15-24(40)48-13-17-3-7-19(8-4-17)37(44)45/h3-10,16,21H,11-15H2,1-2H3,(H,32,41)(H,33,34,39)/b35-25-/t21-/m0/s1. The number of β-lactam (4-membered cyclic amide) rings is 1. The largest absolute Gasteiger partial charge is 0.459 e. The number of alkyl halides is 1. The van der Waals surface area contributed by atoms with Gasteiger partial charge in [-0.3, -0.25) is 39.4 Å². The number of anilines is 1. The molecule has 1 atom stereocenters. The predicted octanol–water partition coefficient (Wildman–Crippen LogP) is 2.38. The first-order chi connectivity index (χ1) is 24.7. The summed E-state index contributed by atoms with van der Waals surface area (Å²) in [5.74, 6) is -4.36. The van der Waals surface area contributed by atoms with Gasteiger partial charge in [0.25, 0.3) is 23.2 Å². The Labute approximate surface area is 301 Å². The maximum Gasteiger partial charge on any atom is 0.353 e. The summed E-state index contributed by atoms with van der Waals surface area (Å²) in [6.07, 6.45) is 0. The molecule has 0 unspecified atom stereocenters. The Bertz CT molecular complexity index is 1880. The molecular formula is C30H28ClN7O13S. The Morgan fingerprint density at radius 2 is 1.58 bits per heavy atom. The van der Waals surface area contributed by atoms with Crippen molar-refractivity contribution in [3.05, 3.63) is 91.0 Å². The Balaban J connectivity index is 1.35. The van der Waals surface area contributed by atoms with E-state index in [0.717, 1.165) is 16.4 Å². The number of esters is 2. The number of amides is 3. The van der Waals surface area contributed by atoms with Gasteiger partial charge in [-0.25, -0.2) is 19.6 Å². The SMILES string of the molecule is CC(C)(O/N=C(\C(=O)N[C@H]1CN(OCC(=O)OCc2ccc([N+](=O)[O-])cc2)C1=O)c1csc(NC(=O)CCl)n1)C(=O)OCc1ccc([N+](=O)[O-])cc1. The van der Waals surface area contributed by atoms with Gasteiger partial charge in [-0.15, -0.1) is 22.9 Å². The molecule has 1 aromatic heterocycles. The summed E-state index contributed by atoms with van der Waals surface area (Å²) in [4.78, 5) is 97.9. The number of non-ortho nitro benzene ring substituents is 2. The minimum Gasteiger partial charge on any atom is -0.459 e. The molecule has 1 saturated heterocycles. The fourth-order valence-corrected chi connectivity index (χ4v) is 4.70. The van der Waals surface area contributed by atoms with Crippen LogP contribution in [0.25, 0.3) is 0 Å². The Morgan fingerprint density at radius 1 is 1.00 bits per heavy atom. The number of hydrogen-bond acceptors (Lipinski definition) is 16. The van der Waals surface area contributed by atoms with Crippen molar-refractivity contribution >= 4 is 74.8 Å². The van der Waals surface area contributed by atoms with Gasteiger partial charge >= 0.3 is 11.9 Å². The average molecular weight is 762 g/mol. The second-order valence-corrected chi connectivity index (χ2v) is 12.2. The van der Waals surface area contributed by atoms with Crippen molar-refractivity contribution in [2.45, 2.75) is 38.7 Å². The van der Waals surface area contributed by atoms with Gasteiger partial charge < -0.3 is 24.9 Å². The van der Waals surface area contributed by atoms with Gasteiger partial charge in [0, 0.05) is 29.6 Å². The molecule has 3 amide bonds. The zero-order valence-corrected chi connectivity index (χ0v) is 28.7. The third-order valence-electron chi connectivity index (χ3n) is 6.79. The fourth-order valence-electron chi connectivity index (χ4n) is 3.93. The van der Waals surface area contributed by atoms with E-state index in [4.69, 9.17) is 30.7 Å². The van der Waals surface area contributed by atoms with Crippen LogP contribution in [0.5, 0.6) is 0 Å². The number of carbonyl (C=O) groups excluding carboxylic acids is 5. The van der Waals surface area contributed by atoms with E-state index in [9.17, 15) is 44.2 Å². The van der Waals surface area contributed by atoms with E-state index in [1.165, 1.54) is 67.8 Å². The third-order valence-corrected chi connectivity index (χ3v) is 7.79. The molecule has 2 heterocycles. The highest BCUT2D eigenvalue weighted by molar-refractivity contribution is 7.14. The number of ether oxygens (including phenoxy) is 2. The van der Waals surface area contributed by atoms with Gasteiger partial charge in [0.05, 0.1) is 16.4 Å². The van der Waals surface area contributed by atoms with E-state index < -0.39 is 63.5 Å². The van der Waals surface area contributed by atoms with E-state index in [-0.39, 0.29) is 47.8 Å². The Kier molecular flexibility index (Phi) is 12.8. The molecule has 52 heavy (non-hydrogen) atoms. The number of nitro groups is 2. The molecule has 2 N–H and O–H groups in total. The highest BCUT2D eigenvalue weighted by Crippen LogP contribution is 2.21. The van der Waals surface area contributed by atoms with Crippen LogP contribution >= 0.6 is 22.9 Å². The van der Waals surface area contributed by atoms with Crippen LogP contribution in [0.3, 0.4) is 0 Å². The summed E-state index contributed by atoms with van der Waals surface area (Å²) in [6, 6.07) is 9.53. The van der Waals surface area contributed by atoms with Gasteiger partial charge in [-0.05, 0) is 49.2 Å². The van der Waals surface area contributed by atoms with E-state index in [1.54, 1.807) is 0 Å². The number of oxime groups is 1. The number of nitrogens with one attached hydrogen (secondary N) is 2. The van der Waals surface area contributed by atoms with Crippen molar-refractivity contribution in [2.75, 3.05) is 24.3 Å². The quantitative estimate of drug-likeness (QED) is 0.0500. The first-order valence-corrected chi connectivity index (χ1v) is 16.2. The van der Waals surface area contributed by atoms with Crippen LogP contribution in [0.15, 0.2) is 59.1 Å².